The summed E-state index contributed by atoms with van der Waals surface area (Å²) in [7, 11) is 0. The highest BCUT2D eigenvalue weighted by atomic mass is 32.1. The van der Waals surface area contributed by atoms with Crippen molar-refractivity contribution in [2.75, 3.05) is 5.32 Å². The van der Waals surface area contributed by atoms with Crippen LogP contribution in [0.1, 0.15) is 44.5 Å². The summed E-state index contributed by atoms with van der Waals surface area (Å²) < 4.78 is 4.95. The minimum Gasteiger partial charge on any atom is -0.475 e. The Bertz CT molecular complexity index is 650. The molecule has 1 amide bonds. The summed E-state index contributed by atoms with van der Waals surface area (Å²) in [5.74, 6) is -1.97. The van der Waals surface area contributed by atoms with E-state index in [4.69, 9.17) is 9.52 Å². The lowest BCUT2D eigenvalue weighted by Gasteiger charge is -2.06. The first-order chi connectivity index (χ1) is 9.63. The predicted octanol–water partition coefficient (Wildman–Crippen LogP) is 2.57. The van der Waals surface area contributed by atoms with Gasteiger partial charge in [-0.15, -0.1) is 11.3 Å². The number of nitrogens with zero attached hydrogens (tertiary/aromatic N) is 1. The summed E-state index contributed by atoms with van der Waals surface area (Å²) in [6.45, 7) is 0. The van der Waals surface area contributed by atoms with Crippen LogP contribution in [0.3, 0.4) is 0 Å². The van der Waals surface area contributed by atoms with Gasteiger partial charge < -0.3 is 9.52 Å². The van der Waals surface area contributed by atoms with Crippen LogP contribution in [0.15, 0.2) is 16.5 Å². The standard InChI is InChI=1S/C13H12N2O4S/c16-11(8-5-6-9(19-8)12(17)18)15-13-14-7-3-1-2-4-10(7)20-13/h5-6H,1-4H2,(H,17,18)(H,14,15,16). The molecule has 1 aliphatic carbocycles. The summed E-state index contributed by atoms with van der Waals surface area (Å²) in [6, 6.07) is 2.59. The summed E-state index contributed by atoms with van der Waals surface area (Å²) in [5.41, 5.74) is 1.06. The molecule has 2 heterocycles. The van der Waals surface area contributed by atoms with E-state index in [1.165, 1.54) is 28.3 Å². The van der Waals surface area contributed by atoms with Crippen molar-refractivity contribution in [3.63, 3.8) is 0 Å². The number of fused-ring (bicyclic) bond motifs is 1. The van der Waals surface area contributed by atoms with Gasteiger partial charge >= 0.3 is 5.97 Å². The number of hydrogen-bond donors (Lipinski definition) is 2. The van der Waals surface area contributed by atoms with Crippen molar-refractivity contribution in [3.8, 4) is 0 Å². The van der Waals surface area contributed by atoms with Crippen LogP contribution < -0.4 is 5.32 Å². The topological polar surface area (TPSA) is 92.4 Å². The zero-order valence-corrected chi connectivity index (χ0v) is 11.3. The average molecular weight is 292 g/mol. The first kappa shape index (κ1) is 12.9. The number of amides is 1. The van der Waals surface area contributed by atoms with Crippen molar-refractivity contribution >= 4 is 28.3 Å². The maximum Gasteiger partial charge on any atom is 0.371 e. The number of aromatic nitrogens is 1. The fraction of sp³-hybridized carbons (Fsp3) is 0.308. The second kappa shape index (κ2) is 5.09. The van der Waals surface area contributed by atoms with Crippen LogP contribution in [-0.4, -0.2) is 22.0 Å². The van der Waals surface area contributed by atoms with Gasteiger partial charge in [-0.1, -0.05) is 0 Å². The van der Waals surface area contributed by atoms with Crippen LogP contribution >= 0.6 is 11.3 Å². The van der Waals surface area contributed by atoms with Crippen molar-refractivity contribution in [1.29, 1.82) is 0 Å². The Kier molecular flexibility index (Phi) is 3.27. The molecule has 0 saturated carbocycles. The van der Waals surface area contributed by atoms with E-state index in [1.807, 2.05) is 0 Å². The molecule has 0 radical (unpaired) electrons. The molecule has 2 aromatic heterocycles. The van der Waals surface area contributed by atoms with E-state index in [1.54, 1.807) is 0 Å². The van der Waals surface area contributed by atoms with Gasteiger partial charge in [0.1, 0.15) is 0 Å². The Balaban J connectivity index is 1.74. The maximum absolute atomic E-state index is 11.9. The molecule has 0 spiro atoms. The van der Waals surface area contributed by atoms with Crippen LogP contribution in [0.25, 0.3) is 0 Å². The highest BCUT2D eigenvalue weighted by Gasteiger charge is 2.19. The monoisotopic (exact) mass is 292 g/mol. The van der Waals surface area contributed by atoms with Gasteiger partial charge in [-0.25, -0.2) is 9.78 Å². The summed E-state index contributed by atoms with van der Waals surface area (Å²) in [5, 5.41) is 11.9. The Morgan fingerprint density at radius 3 is 2.70 bits per heavy atom. The van der Waals surface area contributed by atoms with E-state index < -0.39 is 11.9 Å². The van der Waals surface area contributed by atoms with Crippen LogP contribution in [0, 0.1) is 0 Å². The summed E-state index contributed by atoms with van der Waals surface area (Å²) >= 11 is 1.47. The zero-order chi connectivity index (χ0) is 14.1. The molecule has 0 atom stereocenters. The highest BCUT2D eigenvalue weighted by Crippen LogP contribution is 2.29. The summed E-state index contributed by atoms with van der Waals surface area (Å²) in [4.78, 5) is 28.2. The maximum atomic E-state index is 11.9. The highest BCUT2D eigenvalue weighted by molar-refractivity contribution is 7.15. The first-order valence-corrected chi connectivity index (χ1v) is 7.08. The van der Waals surface area contributed by atoms with Crippen LogP contribution in [-0.2, 0) is 12.8 Å². The van der Waals surface area contributed by atoms with Gasteiger partial charge in [0.05, 0.1) is 5.69 Å². The number of carboxylic acids is 1. The van der Waals surface area contributed by atoms with Crippen molar-refractivity contribution < 1.29 is 19.1 Å². The molecule has 0 fully saturated rings. The molecule has 2 aromatic rings. The van der Waals surface area contributed by atoms with E-state index in [9.17, 15) is 9.59 Å². The van der Waals surface area contributed by atoms with E-state index >= 15 is 0 Å². The molecular formula is C13H12N2O4S. The van der Waals surface area contributed by atoms with Crippen molar-refractivity contribution in [2.45, 2.75) is 25.7 Å². The van der Waals surface area contributed by atoms with Crippen molar-refractivity contribution in [2.24, 2.45) is 0 Å². The molecule has 3 rings (SSSR count). The number of carboxylic acid groups (broad SMARTS) is 1. The van der Waals surface area contributed by atoms with Gasteiger partial charge in [0.25, 0.3) is 5.91 Å². The molecule has 0 saturated heterocycles. The second-order valence-corrected chi connectivity index (χ2v) is 5.60. The Morgan fingerprint density at radius 2 is 2.00 bits per heavy atom. The third kappa shape index (κ3) is 2.44. The lowest BCUT2D eigenvalue weighted by Crippen LogP contribution is -2.10. The van der Waals surface area contributed by atoms with Gasteiger partial charge in [0.15, 0.2) is 10.9 Å². The van der Waals surface area contributed by atoms with Gasteiger partial charge in [-0.3, -0.25) is 10.1 Å². The number of aromatic carboxylic acids is 1. The van der Waals surface area contributed by atoms with Gasteiger partial charge in [0, 0.05) is 4.88 Å². The molecule has 0 aromatic carbocycles. The molecule has 0 bridgehead atoms. The normalized spacial score (nSPS) is 13.8. The Hall–Kier alpha value is -2.15. The number of hydrogen-bond acceptors (Lipinski definition) is 5. The van der Waals surface area contributed by atoms with Crippen molar-refractivity contribution in [3.05, 3.63) is 34.2 Å². The number of rotatable bonds is 3. The number of thiazole rings is 1. The molecule has 1 aliphatic rings. The fourth-order valence-electron chi connectivity index (χ4n) is 2.14. The minimum atomic E-state index is -1.20. The number of anilines is 1. The smallest absolute Gasteiger partial charge is 0.371 e. The third-order valence-electron chi connectivity index (χ3n) is 3.11. The molecule has 0 aliphatic heterocycles. The molecule has 6 nitrogen and oxygen atoms in total. The van der Waals surface area contributed by atoms with Gasteiger partial charge in [0.2, 0.25) is 5.76 Å². The number of carbonyl (C=O) groups excluding carboxylic acids is 1. The van der Waals surface area contributed by atoms with Gasteiger partial charge in [-0.05, 0) is 37.8 Å². The number of furan rings is 1. The molecule has 2 N–H and O–H groups in total. The Labute approximate surface area is 118 Å². The largest absolute Gasteiger partial charge is 0.475 e. The number of carbonyl (C=O) groups is 2. The Morgan fingerprint density at radius 1 is 1.25 bits per heavy atom. The first-order valence-electron chi connectivity index (χ1n) is 6.26. The quantitative estimate of drug-likeness (QED) is 0.907. The molecule has 20 heavy (non-hydrogen) atoms. The van der Waals surface area contributed by atoms with Crippen LogP contribution in [0.2, 0.25) is 0 Å². The third-order valence-corrected chi connectivity index (χ3v) is 4.18. The van der Waals surface area contributed by atoms with Crippen molar-refractivity contribution in [1.82, 2.24) is 4.98 Å². The van der Waals surface area contributed by atoms with E-state index in [0.29, 0.717) is 5.13 Å². The minimum absolute atomic E-state index is 0.0319. The fourth-order valence-corrected chi connectivity index (χ4v) is 3.18. The number of nitrogens with one attached hydrogen (secondary N) is 1. The second-order valence-electron chi connectivity index (χ2n) is 4.52. The zero-order valence-electron chi connectivity index (χ0n) is 10.5. The van der Waals surface area contributed by atoms with E-state index in [-0.39, 0.29) is 11.5 Å². The number of aryl methyl sites for hydroxylation is 2. The lowest BCUT2D eigenvalue weighted by molar-refractivity contribution is 0.0660. The predicted molar refractivity (Wildman–Crippen MR) is 72.4 cm³/mol. The average Bonchev–Trinajstić information content (AvgIpc) is 3.04. The summed E-state index contributed by atoms with van der Waals surface area (Å²) in [6.07, 6.45) is 4.24. The molecule has 104 valence electrons. The molecule has 7 heteroatoms. The van der Waals surface area contributed by atoms with E-state index in [2.05, 4.69) is 10.3 Å². The van der Waals surface area contributed by atoms with Crippen LogP contribution in [0.4, 0.5) is 5.13 Å². The van der Waals surface area contributed by atoms with Gasteiger partial charge in [-0.2, -0.15) is 0 Å². The molecule has 0 unspecified atom stereocenters. The SMILES string of the molecule is O=C(O)c1ccc(C(=O)Nc2nc3c(s2)CCCC3)o1. The molecular weight excluding hydrogens is 280 g/mol. The van der Waals surface area contributed by atoms with Crippen LogP contribution in [0.5, 0.6) is 0 Å². The lowest BCUT2D eigenvalue weighted by atomic mass is 10.0. The van der Waals surface area contributed by atoms with E-state index in [0.717, 1.165) is 31.4 Å².